The summed E-state index contributed by atoms with van der Waals surface area (Å²) < 4.78 is 10.5. The van der Waals surface area contributed by atoms with Crippen LogP contribution in [0.2, 0.25) is 5.02 Å². The average molecular weight is 286 g/mol. The van der Waals surface area contributed by atoms with Crippen LogP contribution in [-0.2, 0) is 6.42 Å². The highest BCUT2D eigenvalue weighted by Crippen LogP contribution is 2.34. The Bertz CT molecular complexity index is 396. The highest BCUT2D eigenvalue weighted by molar-refractivity contribution is 6.31. The lowest BCUT2D eigenvalue weighted by atomic mass is 9.98. The van der Waals surface area contributed by atoms with Crippen molar-refractivity contribution in [1.29, 1.82) is 0 Å². The van der Waals surface area contributed by atoms with Crippen LogP contribution in [-0.4, -0.2) is 27.8 Å². The van der Waals surface area contributed by atoms with Crippen molar-refractivity contribution in [2.45, 2.75) is 26.2 Å². The van der Waals surface area contributed by atoms with Crippen LogP contribution in [0.1, 0.15) is 25.3 Å². The molecule has 1 rings (SSSR count). The fraction of sp³-hybridized carbons (Fsp3) is 0.600. The van der Waals surface area contributed by atoms with Gasteiger partial charge in [-0.05, 0) is 50.4 Å². The maximum Gasteiger partial charge on any atom is 0.162 e. The Labute approximate surface area is 121 Å². The molecule has 3 nitrogen and oxygen atoms in total. The molecule has 0 aromatic heterocycles. The molecule has 19 heavy (non-hydrogen) atoms. The monoisotopic (exact) mass is 285 g/mol. The summed E-state index contributed by atoms with van der Waals surface area (Å²) in [6, 6.07) is 3.81. The van der Waals surface area contributed by atoms with E-state index in [1.54, 1.807) is 14.2 Å². The summed E-state index contributed by atoms with van der Waals surface area (Å²) >= 11 is 6.28. The van der Waals surface area contributed by atoms with Crippen molar-refractivity contribution in [3.05, 3.63) is 22.7 Å². The van der Waals surface area contributed by atoms with Gasteiger partial charge in [0.15, 0.2) is 11.5 Å². The van der Waals surface area contributed by atoms with E-state index in [1.807, 2.05) is 19.2 Å². The van der Waals surface area contributed by atoms with Gasteiger partial charge in [-0.1, -0.05) is 18.5 Å². The van der Waals surface area contributed by atoms with Crippen LogP contribution in [0.5, 0.6) is 11.5 Å². The van der Waals surface area contributed by atoms with Crippen LogP contribution in [0.3, 0.4) is 0 Å². The second kappa shape index (κ2) is 8.28. The molecule has 1 aromatic rings. The lowest BCUT2D eigenvalue weighted by Crippen LogP contribution is -2.12. The number of hydrogen-bond donors (Lipinski definition) is 1. The van der Waals surface area contributed by atoms with Gasteiger partial charge in [0, 0.05) is 11.1 Å². The predicted octanol–water partition coefficient (Wildman–Crippen LogP) is 3.54. The molecular weight excluding hydrogens is 262 g/mol. The second-order valence-corrected chi connectivity index (χ2v) is 5.24. The number of nitrogens with one attached hydrogen (secondary N) is 1. The minimum atomic E-state index is 0.677. The third-order valence-corrected chi connectivity index (χ3v) is 3.70. The van der Waals surface area contributed by atoms with Crippen molar-refractivity contribution in [1.82, 2.24) is 5.32 Å². The number of benzene rings is 1. The first-order valence-electron chi connectivity index (χ1n) is 6.67. The van der Waals surface area contributed by atoms with Crippen LogP contribution in [0.15, 0.2) is 12.1 Å². The summed E-state index contributed by atoms with van der Waals surface area (Å²) in [5, 5.41) is 3.93. The van der Waals surface area contributed by atoms with E-state index in [1.165, 1.54) is 6.42 Å². The zero-order valence-corrected chi connectivity index (χ0v) is 13.0. The van der Waals surface area contributed by atoms with Gasteiger partial charge in [0.25, 0.3) is 0 Å². The number of ether oxygens (including phenoxy) is 2. The highest BCUT2D eigenvalue weighted by Gasteiger charge is 2.11. The zero-order chi connectivity index (χ0) is 14.3. The molecule has 0 aliphatic heterocycles. The Balaban J connectivity index is 2.67. The van der Waals surface area contributed by atoms with E-state index in [2.05, 4.69) is 12.2 Å². The van der Waals surface area contributed by atoms with Gasteiger partial charge in [0.05, 0.1) is 14.2 Å². The van der Waals surface area contributed by atoms with E-state index in [-0.39, 0.29) is 0 Å². The third-order valence-electron chi connectivity index (χ3n) is 3.35. The quantitative estimate of drug-likeness (QED) is 0.792. The smallest absolute Gasteiger partial charge is 0.162 e. The summed E-state index contributed by atoms with van der Waals surface area (Å²) in [7, 11) is 5.25. The van der Waals surface area contributed by atoms with E-state index in [4.69, 9.17) is 21.1 Å². The Kier molecular flexibility index (Phi) is 7.03. The number of halogens is 1. The zero-order valence-electron chi connectivity index (χ0n) is 12.3. The maximum absolute atomic E-state index is 6.28. The number of methoxy groups -OCH3 is 2. The molecule has 0 fully saturated rings. The van der Waals surface area contributed by atoms with Gasteiger partial charge in [-0.15, -0.1) is 0 Å². The van der Waals surface area contributed by atoms with Gasteiger partial charge in [-0.25, -0.2) is 0 Å². The summed E-state index contributed by atoms with van der Waals surface area (Å²) in [5.41, 5.74) is 1.12. The van der Waals surface area contributed by atoms with Crippen LogP contribution in [0, 0.1) is 5.92 Å². The van der Waals surface area contributed by atoms with E-state index in [0.29, 0.717) is 11.7 Å². The van der Waals surface area contributed by atoms with Gasteiger partial charge in [0.1, 0.15) is 0 Å². The molecule has 108 valence electrons. The number of aryl methyl sites for hydroxylation is 1. The minimum absolute atomic E-state index is 0.677. The molecule has 0 saturated heterocycles. The van der Waals surface area contributed by atoms with Gasteiger partial charge < -0.3 is 14.8 Å². The van der Waals surface area contributed by atoms with E-state index in [9.17, 15) is 0 Å². The lowest BCUT2D eigenvalue weighted by Gasteiger charge is -2.14. The molecule has 0 aliphatic carbocycles. The molecule has 0 bridgehead atoms. The van der Waals surface area contributed by atoms with Crippen molar-refractivity contribution < 1.29 is 9.47 Å². The number of hydrogen-bond acceptors (Lipinski definition) is 3. The normalized spacial score (nSPS) is 12.3. The molecule has 0 heterocycles. The number of rotatable bonds is 8. The van der Waals surface area contributed by atoms with Gasteiger partial charge in [0.2, 0.25) is 0 Å². The van der Waals surface area contributed by atoms with E-state index < -0.39 is 0 Å². The maximum atomic E-state index is 6.28. The fourth-order valence-electron chi connectivity index (χ4n) is 2.02. The van der Waals surface area contributed by atoms with E-state index in [0.717, 1.165) is 35.7 Å². The second-order valence-electron chi connectivity index (χ2n) is 4.83. The Hall–Kier alpha value is -0.930. The Morgan fingerprint density at radius 2 is 1.79 bits per heavy atom. The minimum Gasteiger partial charge on any atom is -0.493 e. The largest absolute Gasteiger partial charge is 0.493 e. The predicted molar refractivity (Wildman–Crippen MR) is 80.6 cm³/mol. The summed E-state index contributed by atoms with van der Waals surface area (Å²) in [4.78, 5) is 0. The Morgan fingerprint density at radius 1 is 1.16 bits per heavy atom. The first-order valence-corrected chi connectivity index (χ1v) is 7.05. The molecule has 1 atom stereocenters. The van der Waals surface area contributed by atoms with E-state index >= 15 is 0 Å². The highest BCUT2D eigenvalue weighted by atomic mass is 35.5. The summed E-state index contributed by atoms with van der Waals surface area (Å²) in [6.07, 6.45) is 3.27. The van der Waals surface area contributed by atoms with Gasteiger partial charge in [-0.2, -0.15) is 0 Å². The topological polar surface area (TPSA) is 30.5 Å². The molecule has 0 aliphatic rings. The van der Waals surface area contributed by atoms with Crippen LogP contribution in [0.4, 0.5) is 0 Å². The van der Waals surface area contributed by atoms with Crippen LogP contribution < -0.4 is 14.8 Å². The molecule has 0 saturated carbocycles. The van der Waals surface area contributed by atoms with Crippen molar-refractivity contribution in [3.63, 3.8) is 0 Å². The van der Waals surface area contributed by atoms with Crippen molar-refractivity contribution in [2.75, 3.05) is 27.8 Å². The third kappa shape index (κ3) is 4.92. The molecular formula is C15H24ClNO2. The lowest BCUT2D eigenvalue weighted by molar-refractivity contribution is 0.354. The molecule has 0 spiro atoms. The van der Waals surface area contributed by atoms with Crippen LogP contribution in [0.25, 0.3) is 0 Å². The molecule has 1 aromatic carbocycles. The molecule has 1 N–H and O–H groups in total. The molecule has 0 amide bonds. The van der Waals surface area contributed by atoms with Crippen LogP contribution >= 0.6 is 11.6 Å². The Morgan fingerprint density at radius 3 is 2.37 bits per heavy atom. The van der Waals surface area contributed by atoms with Crippen molar-refractivity contribution >= 4 is 11.6 Å². The van der Waals surface area contributed by atoms with Gasteiger partial charge in [-0.3, -0.25) is 0 Å². The fourth-order valence-corrected chi connectivity index (χ4v) is 2.27. The first kappa shape index (κ1) is 16.1. The first-order chi connectivity index (χ1) is 9.12. The standard InChI is InChI=1S/C15H24ClNO2/c1-11(7-8-17-2)5-6-12-9-14(18-3)15(19-4)10-13(12)16/h9-11,17H,5-8H2,1-4H3. The molecule has 0 radical (unpaired) electrons. The van der Waals surface area contributed by atoms with Gasteiger partial charge >= 0.3 is 0 Å². The molecule has 4 heteroatoms. The summed E-state index contributed by atoms with van der Waals surface area (Å²) in [6.45, 7) is 3.33. The SMILES string of the molecule is CNCCC(C)CCc1cc(OC)c(OC)cc1Cl. The van der Waals surface area contributed by atoms with Crippen molar-refractivity contribution in [2.24, 2.45) is 5.92 Å². The average Bonchev–Trinajstić information content (AvgIpc) is 2.43. The summed E-state index contributed by atoms with van der Waals surface area (Å²) in [5.74, 6) is 2.10. The molecule has 1 unspecified atom stereocenters. The van der Waals surface area contributed by atoms with Crippen molar-refractivity contribution in [3.8, 4) is 11.5 Å².